The normalized spacial score (nSPS) is 18.3. The number of methoxy groups -OCH3 is 1. The molecule has 0 amide bonds. The number of nitrogens with two attached hydrogens (primary N) is 1. The van der Waals surface area contributed by atoms with Crippen LogP contribution in [0.1, 0.15) is 24.8 Å². The van der Waals surface area contributed by atoms with Crippen molar-refractivity contribution in [2.45, 2.75) is 24.8 Å². The molecule has 2 rings (SSSR count). The van der Waals surface area contributed by atoms with Gasteiger partial charge in [-0.15, -0.1) is 0 Å². The SMILES string of the molecule is COc1cc(O)c(C2(N)CCC2)cc1Cl. The van der Waals surface area contributed by atoms with Gasteiger partial charge in [0.05, 0.1) is 12.1 Å². The van der Waals surface area contributed by atoms with Crippen molar-refractivity contribution in [3.8, 4) is 11.5 Å². The van der Waals surface area contributed by atoms with Gasteiger partial charge in [0, 0.05) is 17.2 Å². The van der Waals surface area contributed by atoms with E-state index in [1.807, 2.05) is 0 Å². The standard InChI is InChI=1S/C11H14ClNO2/c1-15-10-6-9(14)7(5-8(10)12)11(13)3-2-4-11/h5-6,14H,2-4,13H2,1H3. The second kappa shape index (κ2) is 3.58. The molecule has 0 unspecified atom stereocenters. The number of aromatic hydroxyl groups is 1. The molecule has 1 aliphatic carbocycles. The van der Waals surface area contributed by atoms with E-state index < -0.39 is 5.54 Å². The van der Waals surface area contributed by atoms with E-state index in [0.717, 1.165) is 24.8 Å². The first kappa shape index (κ1) is 10.6. The first-order valence-electron chi connectivity index (χ1n) is 4.93. The Kier molecular flexibility index (Phi) is 2.52. The summed E-state index contributed by atoms with van der Waals surface area (Å²) in [6, 6.07) is 3.22. The van der Waals surface area contributed by atoms with Crippen molar-refractivity contribution in [3.63, 3.8) is 0 Å². The molecular weight excluding hydrogens is 214 g/mol. The third kappa shape index (κ3) is 1.66. The third-order valence-corrected chi connectivity index (χ3v) is 3.35. The summed E-state index contributed by atoms with van der Waals surface area (Å²) in [7, 11) is 1.52. The molecule has 3 N–H and O–H groups in total. The van der Waals surface area contributed by atoms with Gasteiger partial charge in [0.1, 0.15) is 11.5 Å². The molecule has 15 heavy (non-hydrogen) atoms. The van der Waals surface area contributed by atoms with E-state index in [-0.39, 0.29) is 5.75 Å². The van der Waals surface area contributed by atoms with Crippen LogP contribution in [0.4, 0.5) is 0 Å². The number of halogens is 1. The molecule has 1 fully saturated rings. The van der Waals surface area contributed by atoms with Crippen molar-refractivity contribution in [1.82, 2.24) is 0 Å². The van der Waals surface area contributed by atoms with Crippen molar-refractivity contribution in [1.29, 1.82) is 0 Å². The van der Waals surface area contributed by atoms with Gasteiger partial charge < -0.3 is 15.6 Å². The topological polar surface area (TPSA) is 55.5 Å². The molecular formula is C11H14ClNO2. The van der Waals surface area contributed by atoms with Crippen LogP contribution in [0.15, 0.2) is 12.1 Å². The molecule has 0 spiro atoms. The van der Waals surface area contributed by atoms with E-state index in [9.17, 15) is 5.11 Å². The number of hydrogen-bond acceptors (Lipinski definition) is 3. The minimum Gasteiger partial charge on any atom is -0.507 e. The van der Waals surface area contributed by atoms with Gasteiger partial charge in [-0.1, -0.05) is 11.6 Å². The van der Waals surface area contributed by atoms with Gasteiger partial charge in [0.15, 0.2) is 0 Å². The average Bonchev–Trinajstić information content (AvgIpc) is 2.17. The Morgan fingerprint density at radius 1 is 1.47 bits per heavy atom. The number of benzene rings is 1. The molecule has 0 saturated heterocycles. The van der Waals surface area contributed by atoms with Crippen molar-refractivity contribution >= 4 is 11.6 Å². The van der Waals surface area contributed by atoms with Gasteiger partial charge in [-0.3, -0.25) is 0 Å². The zero-order chi connectivity index (χ0) is 11.1. The Morgan fingerprint density at radius 2 is 2.13 bits per heavy atom. The van der Waals surface area contributed by atoms with Crippen LogP contribution in [0, 0.1) is 0 Å². The number of phenolic OH excluding ortho intramolecular Hbond substituents is 1. The van der Waals surface area contributed by atoms with Crippen LogP contribution in [0.2, 0.25) is 5.02 Å². The molecule has 1 aliphatic rings. The Hall–Kier alpha value is -0.930. The van der Waals surface area contributed by atoms with Crippen molar-refractivity contribution in [2.24, 2.45) is 5.73 Å². The first-order chi connectivity index (χ1) is 7.07. The molecule has 0 aromatic heterocycles. The Bertz CT molecular complexity index is 388. The highest BCUT2D eigenvalue weighted by Gasteiger charge is 2.37. The van der Waals surface area contributed by atoms with Crippen molar-refractivity contribution in [2.75, 3.05) is 7.11 Å². The van der Waals surface area contributed by atoms with E-state index in [0.29, 0.717) is 10.8 Å². The fourth-order valence-corrected chi connectivity index (χ4v) is 2.17. The first-order valence-corrected chi connectivity index (χ1v) is 5.30. The molecule has 3 nitrogen and oxygen atoms in total. The van der Waals surface area contributed by atoms with Crippen molar-refractivity contribution in [3.05, 3.63) is 22.7 Å². The lowest BCUT2D eigenvalue weighted by molar-refractivity contribution is 0.245. The monoisotopic (exact) mass is 227 g/mol. The summed E-state index contributed by atoms with van der Waals surface area (Å²) >= 11 is 6.00. The van der Waals surface area contributed by atoms with Crippen LogP contribution in [-0.4, -0.2) is 12.2 Å². The summed E-state index contributed by atoms with van der Waals surface area (Å²) in [6.07, 6.45) is 2.88. The van der Waals surface area contributed by atoms with E-state index >= 15 is 0 Å². The molecule has 0 heterocycles. The van der Waals surface area contributed by atoms with E-state index in [4.69, 9.17) is 22.1 Å². The summed E-state index contributed by atoms with van der Waals surface area (Å²) in [4.78, 5) is 0. The smallest absolute Gasteiger partial charge is 0.141 e. The van der Waals surface area contributed by atoms with Gasteiger partial charge in [-0.2, -0.15) is 0 Å². The molecule has 0 atom stereocenters. The molecule has 1 aromatic rings. The van der Waals surface area contributed by atoms with E-state index in [1.54, 1.807) is 6.07 Å². The van der Waals surface area contributed by atoms with Gasteiger partial charge in [0.2, 0.25) is 0 Å². The summed E-state index contributed by atoms with van der Waals surface area (Å²) in [6.45, 7) is 0. The minimum atomic E-state index is -0.403. The maximum absolute atomic E-state index is 9.83. The number of hydrogen-bond donors (Lipinski definition) is 2. The lowest BCUT2D eigenvalue weighted by Crippen LogP contribution is -2.43. The molecule has 4 heteroatoms. The molecule has 1 saturated carbocycles. The lowest BCUT2D eigenvalue weighted by Gasteiger charge is -2.39. The zero-order valence-corrected chi connectivity index (χ0v) is 9.34. The van der Waals surface area contributed by atoms with Crippen LogP contribution < -0.4 is 10.5 Å². The summed E-state index contributed by atoms with van der Waals surface area (Å²) in [5.41, 5.74) is 6.44. The molecule has 82 valence electrons. The number of rotatable bonds is 2. The average molecular weight is 228 g/mol. The van der Waals surface area contributed by atoms with Crippen LogP contribution in [0.5, 0.6) is 11.5 Å². The predicted octanol–water partition coefficient (Wildman–Crippen LogP) is 2.39. The summed E-state index contributed by atoms with van der Waals surface area (Å²) in [5.74, 6) is 0.638. The highest BCUT2D eigenvalue weighted by atomic mass is 35.5. The zero-order valence-electron chi connectivity index (χ0n) is 8.59. The molecule has 0 aliphatic heterocycles. The quantitative estimate of drug-likeness (QED) is 0.816. The van der Waals surface area contributed by atoms with Gasteiger partial charge in [-0.05, 0) is 25.3 Å². The maximum atomic E-state index is 9.83. The summed E-state index contributed by atoms with van der Waals surface area (Å²) in [5, 5.41) is 10.3. The van der Waals surface area contributed by atoms with Crippen LogP contribution in [0.25, 0.3) is 0 Å². The Morgan fingerprint density at radius 3 is 2.60 bits per heavy atom. The van der Waals surface area contributed by atoms with Crippen LogP contribution in [0.3, 0.4) is 0 Å². The maximum Gasteiger partial charge on any atom is 0.141 e. The fraction of sp³-hybridized carbons (Fsp3) is 0.455. The second-order valence-corrected chi connectivity index (χ2v) is 4.42. The molecule has 0 radical (unpaired) electrons. The predicted molar refractivity (Wildman–Crippen MR) is 59.4 cm³/mol. The van der Waals surface area contributed by atoms with Crippen LogP contribution >= 0.6 is 11.6 Å². The van der Waals surface area contributed by atoms with Crippen molar-refractivity contribution < 1.29 is 9.84 Å². The second-order valence-electron chi connectivity index (χ2n) is 4.01. The Balaban J connectivity index is 2.45. The number of ether oxygens (including phenoxy) is 1. The summed E-state index contributed by atoms with van der Waals surface area (Å²) < 4.78 is 5.01. The third-order valence-electron chi connectivity index (χ3n) is 3.05. The highest BCUT2D eigenvalue weighted by molar-refractivity contribution is 6.32. The number of phenols is 1. The Labute approximate surface area is 93.8 Å². The van der Waals surface area contributed by atoms with Crippen LogP contribution in [-0.2, 0) is 5.54 Å². The highest BCUT2D eigenvalue weighted by Crippen LogP contribution is 2.45. The molecule has 0 bridgehead atoms. The van der Waals surface area contributed by atoms with Gasteiger partial charge >= 0.3 is 0 Å². The van der Waals surface area contributed by atoms with Gasteiger partial charge in [0.25, 0.3) is 0 Å². The molecule has 1 aromatic carbocycles. The largest absolute Gasteiger partial charge is 0.507 e. The van der Waals surface area contributed by atoms with Gasteiger partial charge in [-0.25, -0.2) is 0 Å². The van der Waals surface area contributed by atoms with E-state index in [2.05, 4.69) is 0 Å². The fourth-order valence-electron chi connectivity index (χ4n) is 1.92. The van der Waals surface area contributed by atoms with E-state index in [1.165, 1.54) is 13.2 Å². The lowest BCUT2D eigenvalue weighted by atomic mass is 9.72. The minimum absolute atomic E-state index is 0.165.